The molecule has 2 aromatic rings. The van der Waals surface area contributed by atoms with Gasteiger partial charge in [-0.05, 0) is 19.2 Å². The maximum atomic E-state index is 4.62. The first-order valence-corrected chi connectivity index (χ1v) is 5.93. The summed E-state index contributed by atoms with van der Waals surface area (Å²) in [5.41, 5.74) is 2.14. The quantitative estimate of drug-likeness (QED) is 0.832. The highest BCUT2D eigenvalue weighted by molar-refractivity contribution is 7.10. The number of nitrogens with one attached hydrogen (secondary N) is 2. The molecule has 4 heteroatoms. The topological polar surface area (TPSA) is 40.7 Å². The van der Waals surface area contributed by atoms with Crippen molar-refractivity contribution in [1.29, 1.82) is 0 Å². The van der Waals surface area contributed by atoms with Gasteiger partial charge in [0.05, 0.1) is 16.4 Å². The molecule has 0 aromatic carbocycles. The Hall–Kier alpha value is -1.13. The molecule has 0 radical (unpaired) electrons. The summed E-state index contributed by atoms with van der Waals surface area (Å²) in [5, 5.41) is 6.46. The van der Waals surface area contributed by atoms with E-state index in [1.165, 1.54) is 5.01 Å². The molecule has 0 amide bonds. The molecular weight excluding hydrogens is 206 g/mol. The van der Waals surface area contributed by atoms with E-state index in [2.05, 4.69) is 27.6 Å². The fourth-order valence-corrected chi connectivity index (χ4v) is 2.40. The van der Waals surface area contributed by atoms with E-state index in [1.807, 2.05) is 25.4 Å². The van der Waals surface area contributed by atoms with Gasteiger partial charge in [0.15, 0.2) is 0 Å². The van der Waals surface area contributed by atoms with E-state index in [0.717, 1.165) is 17.9 Å². The molecule has 2 aromatic heterocycles. The SMILES string of the molecule is CNCC(C)c1nc(-c2ccc[nH]2)cs1. The average molecular weight is 221 g/mol. The minimum Gasteiger partial charge on any atom is -0.360 e. The highest BCUT2D eigenvalue weighted by Crippen LogP contribution is 2.24. The lowest BCUT2D eigenvalue weighted by Gasteiger charge is -2.05. The van der Waals surface area contributed by atoms with Gasteiger partial charge in [0.25, 0.3) is 0 Å². The van der Waals surface area contributed by atoms with Gasteiger partial charge in [-0.25, -0.2) is 4.98 Å². The number of H-pyrrole nitrogens is 1. The second-order valence-corrected chi connectivity index (χ2v) is 4.50. The first kappa shape index (κ1) is 10.4. The summed E-state index contributed by atoms with van der Waals surface area (Å²) in [5.74, 6) is 0.476. The molecule has 80 valence electrons. The Morgan fingerprint density at radius 3 is 3.13 bits per heavy atom. The van der Waals surface area contributed by atoms with Gasteiger partial charge in [-0.3, -0.25) is 0 Å². The molecule has 2 rings (SSSR count). The molecule has 0 saturated carbocycles. The molecule has 0 spiro atoms. The van der Waals surface area contributed by atoms with Crippen molar-refractivity contribution in [3.63, 3.8) is 0 Å². The number of aromatic nitrogens is 2. The van der Waals surface area contributed by atoms with Crippen LogP contribution in [0.4, 0.5) is 0 Å². The van der Waals surface area contributed by atoms with Crippen molar-refractivity contribution in [1.82, 2.24) is 15.3 Å². The largest absolute Gasteiger partial charge is 0.360 e. The van der Waals surface area contributed by atoms with Crippen molar-refractivity contribution >= 4 is 11.3 Å². The van der Waals surface area contributed by atoms with Crippen LogP contribution >= 0.6 is 11.3 Å². The zero-order valence-electron chi connectivity index (χ0n) is 8.95. The lowest BCUT2D eigenvalue weighted by molar-refractivity contribution is 0.674. The zero-order valence-corrected chi connectivity index (χ0v) is 9.77. The van der Waals surface area contributed by atoms with Gasteiger partial charge in [0.1, 0.15) is 0 Å². The van der Waals surface area contributed by atoms with E-state index in [0.29, 0.717) is 5.92 Å². The van der Waals surface area contributed by atoms with Crippen molar-refractivity contribution in [3.8, 4) is 11.4 Å². The fourth-order valence-electron chi connectivity index (χ4n) is 1.52. The maximum absolute atomic E-state index is 4.62. The average Bonchev–Trinajstić information content (AvgIpc) is 2.89. The molecule has 3 nitrogen and oxygen atoms in total. The molecule has 0 aliphatic rings. The van der Waals surface area contributed by atoms with Gasteiger partial charge in [-0.2, -0.15) is 0 Å². The Morgan fingerprint density at radius 2 is 2.47 bits per heavy atom. The molecule has 1 unspecified atom stereocenters. The summed E-state index contributed by atoms with van der Waals surface area (Å²) < 4.78 is 0. The molecule has 15 heavy (non-hydrogen) atoms. The van der Waals surface area contributed by atoms with Crippen LogP contribution in [0.25, 0.3) is 11.4 Å². The Kier molecular flexibility index (Phi) is 3.18. The third kappa shape index (κ3) is 2.27. The van der Waals surface area contributed by atoms with Crippen LogP contribution in [-0.4, -0.2) is 23.6 Å². The van der Waals surface area contributed by atoms with Crippen LogP contribution < -0.4 is 5.32 Å². The van der Waals surface area contributed by atoms with Crippen LogP contribution in [0.15, 0.2) is 23.7 Å². The summed E-state index contributed by atoms with van der Waals surface area (Å²) in [6, 6.07) is 4.03. The molecule has 2 N–H and O–H groups in total. The normalized spacial score (nSPS) is 12.9. The van der Waals surface area contributed by atoms with E-state index in [-0.39, 0.29) is 0 Å². The number of likely N-dealkylation sites (N-methyl/N-ethyl adjacent to an activating group) is 1. The standard InChI is InChI=1S/C11H15N3S/c1-8(6-12-2)11-14-10(7-15-11)9-4-3-5-13-9/h3-5,7-8,12-13H,6H2,1-2H3. The molecule has 0 bridgehead atoms. The van der Waals surface area contributed by atoms with Crippen LogP contribution in [0.1, 0.15) is 17.8 Å². The van der Waals surface area contributed by atoms with Crippen LogP contribution in [0, 0.1) is 0 Å². The summed E-state index contributed by atoms with van der Waals surface area (Å²) in [6.45, 7) is 3.16. The molecule has 2 heterocycles. The van der Waals surface area contributed by atoms with E-state index < -0.39 is 0 Å². The maximum Gasteiger partial charge on any atom is 0.0976 e. The highest BCUT2D eigenvalue weighted by Gasteiger charge is 2.10. The van der Waals surface area contributed by atoms with Gasteiger partial charge in [0, 0.05) is 24.0 Å². The number of aromatic amines is 1. The Balaban J connectivity index is 2.17. The van der Waals surface area contributed by atoms with Crippen LogP contribution in [0.5, 0.6) is 0 Å². The van der Waals surface area contributed by atoms with E-state index in [4.69, 9.17) is 0 Å². The first-order chi connectivity index (χ1) is 7.31. The second kappa shape index (κ2) is 4.59. The highest BCUT2D eigenvalue weighted by atomic mass is 32.1. The summed E-state index contributed by atoms with van der Waals surface area (Å²) in [7, 11) is 1.97. The first-order valence-electron chi connectivity index (χ1n) is 5.05. The summed E-state index contributed by atoms with van der Waals surface area (Å²) in [6.07, 6.45) is 1.92. The monoisotopic (exact) mass is 221 g/mol. The van der Waals surface area contributed by atoms with Crippen molar-refractivity contribution < 1.29 is 0 Å². The Morgan fingerprint density at radius 1 is 1.60 bits per heavy atom. The van der Waals surface area contributed by atoms with Gasteiger partial charge < -0.3 is 10.3 Å². The minimum absolute atomic E-state index is 0.476. The predicted octanol–water partition coefficient (Wildman–Crippen LogP) is 2.46. The molecule has 1 atom stereocenters. The molecule has 0 saturated heterocycles. The predicted molar refractivity (Wildman–Crippen MR) is 64.2 cm³/mol. The minimum atomic E-state index is 0.476. The van der Waals surface area contributed by atoms with Crippen molar-refractivity contribution in [3.05, 3.63) is 28.7 Å². The second-order valence-electron chi connectivity index (χ2n) is 3.61. The van der Waals surface area contributed by atoms with E-state index in [1.54, 1.807) is 11.3 Å². The van der Waals surface area contributed by atoms with Crippen LogP contribution in [0.3, 0.4) is 0 Å². The Labute approximate surface area is 93.6 Å². The summed E-state index contributed by atoms with van der Waals surface area (Å²) in [4.78, 5) is 7.78. The van der Waals surface area contributed by atoms with Crippen molar-refractivity contribution in [2.45, 2.75) is 12.8 Å². The van der Waals surface area contributed by atoms with Crippen LogP contribution in [-0.2, 0) is 0 Å². The third-order valence-electron chi connectivity index (χ3n) is 2.33. The zero-order chi connectivity index (χ0) is 10.7. The lowest BCUT2D eigenvalue weighted by atomic mass is 10.2. The van der Waals surface area contributed by atoms with Gasteiger partial charge in [-0.15, -0.1) is 11.3 Å². The number of thiazole rings is 1. The number of nitrogens with zero attached hydrogens (tertiary/aromatic N) is 1. The Bertz CT molecular complexity index is 405. The molecule has 0 aliphatic carbocycles. The lowest BCUT2D eigenvalue weighted by Crippen LogP contribution is -2.14. The number of hydrogen-bond acceptors (Lipinski definition) is 3. The van der Waals surface area contributed by atoms with Crippen molar-refractivity contribution in [2.24, 2.45) is 0 Å². The third-order valence-corrected chi connectivity index (χ3v) is 3.40. The van der Waals surface area contributed by atoms with Crippen molar-refractivity contribution in [2.75, 3.05) is 13.6 Å². The smallest absolute Gasteiger partial charge is 0.0976 e. The van der Waals surface area contributed by atoms with Gasteiger partial charge in [0.2, 0.25) is 0 Å². The fraction of sp³-hybridized carbons (Fsp3) is 0.364. The molecule has 0 aliphatic heterocycles. The van der Waals surface area contributed by atoms with E-state index >= 15 is 0 Å². The number of hydrogen-bond donors (Lipinski definition) is 2. The number of rotatable bonds is 4. The molecular formula is C11H15N3S. The van der Waals surface area contributed by atoms with E-state index in [9.17, 15) is 0 Å². The summed E-state index contributed by atoms with van der Waals surface area (Å²) >= 11 is 1.72. The van der Waals surface area contributed by atoms with Gasteiger partial charge >= 0.3 is 0 Å². The molecule has 0 fully saturated rings. The van der Waals surface area contributed by atoms with Gasteiger partial charge in [-0.1, -0.05) is 6.92 Å². The van der Waals surface area contributed by atoms with Crippen LogP contribution in [0.2, 0.25) is 0 Å².